The van der Waals surface area contributed by atoms with E-state index in [9.17, 15) is 17.8 Å². The van der Waals surface area contributed by atoms with E-state index in [1.807, 2.05) is 6.92 Å². The molecule has 6 heteroatoms. The van der Waals surface area contributed by atoms with Gasteiger partial charge in [0.15, 0.2) is 11.0 Å². The minimum absolute atomic E-state index is 0.0934. The summed E-state index contributed by atoms with van der Waals surface area (Å²) in [6.07, 6.45) is 10.3. The lowest BCUT2D eigenvalue weighted by Crippen LogP contribution is -2.47. The van der Waals surface area contributed by atoms with Crippen LogP contribution in [-0.2, 0) is 25.8 Å². The molecular weight excluding hydrogens is 344 g/mol. The highest BCUT2D eigenvalue weighted by atomic mass is 32.3. The summed E-state index contributed by atoms with van der Waals surface area (Å²) in [4.78, 5) is 12.8. The van der Waals surface area contributed by atoms with Gasteiger partial charge in [-0.25, -0.2) is 0 Å². The van der Waals surface area contributed by atoms with Crippen LogP contribution in [0.25, 0.3) is 0 Å². The summed E-state index contributed by atoms with van der Waals surface area (Å²) in [5.74, 6) is 2.23. The summed E-state index contributed by atoms with van der Waals surface area (Å²) in [6.45, 7) is 1.96. The lowest BCUT2D eigenvalue weighted by Gasteiger charge is -2.30. The summed E-state index contributed by atoms with van der Waals surface area (Å²) in [5.41, 5.74) is 0. The number of carbonyl (C=O) groups excluding carboxylic acids is 1. The van der Waals surface area contributed by atoms with E-state index in [0.29, 0.717) is 24.0 Å². The molecule has 0 aromatic heterocycles. The van der Waals surface area contributed by atoms with E-state index in [4.69, 9.17) is 0 Å². The van der Waals surface area contributed by atoms with Crippen LogP contribution in [0.4, 0.5) is 0 Å². The fourth-order valence-electron chi connectivity index (χ4n) is 5.10. The highest BCUT2D eigenvalue weighted by Gasteiger charge is 2.59. The zero-order valence-corrected chi connectivity index (χ0v) is 16.3. The predicted molar refractivity (Wildman–Crippen MR) is 98.7 cm³/mol. The first-order valence-electron chi connectivity index (χ1n) is 9.60. The molecule has 0 spiro atoms. The fraction of sp³-hybridized carbons (Fsp3) is 0.944. The second-order valence-electron chi connectivity index (χ2n) is 7.97. The lowest BCUT2D eigenvalue weighted by atomic mass is 9.91. The standard InChI is InChI=1S/C18H30O4S2/c1-2-6-16(24(20,21)22)23(12-13-7-4-3-5-8-13)18-15-10-9-14(11-15)17(18)19/h13-16,18H,2-12H2,1H3/p+1. The van der Waals surface area contributed by atoms with E-state index in [-0.39, 0.29) is 11.2 Å². The second kappa shape index (κ2) is 7.67. The minimum Gasteiger partial charge on any atom is -0.294 e. The van der Waals surface area contributed by atoms with Gasteiger partial charge >= 0.3 is 10.1 Å². The van der Waals surface area contributed by atoms with E-state index in [1.54, 1.807) is 0 Å². The van der Waals surface area contributed by atoms with Crippen LogP contribution in [0, 0.1) is 17.8 Å². The van der Waals surface area contributed by atoms with Crippen LogP contribution in [0.2, 0.25) is 0 Å². The van der Waals surface area contributed by atoms with E-state index in [1.165, 1.54) is 19.3 Å². The van der Waals surface area contributed by atoms with Crippen molar-refractivity contribution in [3.8, 4) is 0 Å². The van der Waals surface area contributed by atoms with E-state index < -0.39 is 25.6 Å². The normalized spacial score (nSPS) is 33.8. The van der Waals surface area contributed by atoms with Crippen LogP contribution in [-0.4, -0.2) is 34.3 Å². The Morgan fingerprint density at radius 1 is 1.17 bits per heavy atom. The van der Waals surface area contributed by atoms with Gasteiger partial charge in [0.05, 0.1) is 0 Å². The molecule has 3 saturated carbocycles. The molecule has 3 fully saturated rings. The topological polar surface area (TPSA) is 71.4 Å². The zero-order valence-electron chi connectivity index (χ0n) is 14.7. The summed E-state index contributed by atoms with van der Waals surface area (Å²) in [5, 5.41) is -0.0934. The molecule has 0 saturated heterocycles. The molecule has 24 heavy (non-hydrogen) atoms. The first kappa shape index (κ1) is 18.7. The lowest BCUT2D eigenvalue weighted by molar-refractivity contribution is -0.121. The molecule has 5 unspecified atom stereocenters. The van der Waals surface area contributed by atoms with Crippen molar-refractivity contribution in [2.24, 2.45) is 17.8 Å². The van der Waals surface area contributed by atoms with Gasteiger partial charge in [-0.15, -0.1) is 0 Å². The third kappa shape index (κ3) is 3.85. The van der Waals surface area contributed by atoms with Crippen LogP contribution in [0.3, 0.4) is 0 Å². The molecule has 2 bridgehead atoms. The Morgan fingerprint density at radius 2 is 1.88 bits per heavy atom. The van der Waals surface area contributed by atoms with Gasteiger partial charge in [-0.1, -0.05) is 32.6 Å². The highest BCUT2D eigenvalue weighted by molar-refractivity contribution is 8.10. The van der Waals surface area contributed by atoms with Crippen LogP contribution in [0.15, 0.2) is 0 Å². The maximum atomic E-state index is 12.8. The maximum Gasteiger partial charge on any atom is 0.314 e. The van der Waals surface area contributed by atoms with Gasteiger partial charge in [-0.2, -0.15) is 8.42 Å². The van der Waals surface area contributed by atoms with Crippen LogP contribution in [0.1, 0.15) is 71.1 Å². The average Bonchev–Trinajstić information content (AvgIpc) is 3.12. The Bertz CT molecular complexity index is 553. The molecule has 0 radical (unpaired) electrons. The monoisotopic (exact) mass is 375 g/mol. The third-order valence-corrected chi connectivity index (χ3v) is 11.7. The van der Waals surface area contributed by atoms with Crippen molar-refractivity contribution < 1.29 is 17.8 Å². The number of rotatable bonds is 7. The Morgan fingerprint density at radius 3 is 2.42 bits per heavy atom. The van der Waals surface area contributed by atoms with Crippen LogP contribution in [0.5, 0.6) is 0 Å². The molecule has 3 aliphatic rings. The summed E-state index contributed by atoms with van der Waals surface area (Å²) < 4.78 is 33.4. The van der Waals surface area contributed by atoms with Gasteiger partial charge in [0.1, 0.15) is 5.75 Å². The van der Waals surface area contributed by atoms with Gasteiger partial charge in [-0.3, -0.25) is 9.35 Å². The average molecular weight is 376 g/mol. The minimum atomic E-state index is -4.09. The summed E-state index contributed by atoms with van der Waals surface area (Å²) in [7, 11) is -4.62. The highest BCUT2D eigenvalue weighted by Crippen LogP contribution is 2.48. The van der Waals surface area contributed by atoms with Crippen molar-refractivity contribution in [2.75, 3.05) is 5.75 Å². The van der Waals surface area contributed by atoms with E-state index in [0.717, 1.165) is 44.3 Å². The molecule has 0 aromatic carbocycles. The molecule has 1 N–H and O–H groups in total. The fourth-order valence-corrected chi connectivity index (χ4v) is 10.9. The molecule has 3 rings (SSSR count). The molecule has 138 valence electrons. The third-order valence-electron chi connectivity index (χ3n) is 6.26. The summed E-state index contributed by atoms with van der Waals surface area (Å²) >= 11 is 0. The Labute approximate surface area is 149 Å². The van der Waals surface area contributed by atoms with Crippen LogP contribution < -0.4 is 0 Å². The number of hydrogen-bond acceptors (Lipinski definition) is 3. The number of Topliss-reactive ketones (excluding diaryl/α,β-unsaturated/α-hetero) is 1. The van der Waals surface area contributed by atoms with Crippen molar-refractivity contribution in [3.63, 3.8) is 0 Å². The Kier molecular flexibility index (Phi) is 5.98. The van der Waals surface area contributed by atoms with Crippen molar-refractivity contribution in [2.45, 2.75) is 81.0 Å². The maximum absolute atomic E-state index is 12.8. The van der Waals surface area contributed by atoms with Crippen molar-refractivity contribution >= 4 is 26.8 Å². The van der Waals surface area contributed by atoms with Gasteiger partial charge in [0, 0.05) is 35.1 Å². The SMILES string of the molecule is CCCC([S+](CC1CCCCC1)C1C(=O)C2CCC1C2)S(=O)(=O)O. The smallest absolute Gasteiger partial charge is 0.294 e. The molecular formula is C18H31O4S2+. The van der Waals surface area contributed by atoms with Crippen LogP contribution >= 0.6 is 0 Å². The molecule has 0 aliphatic heterocycles. The predicted octanol–water partition coefficient (Wildman–Crippen LogP) is 3.57. The molecule has 4 nitrogen and oxygen atoms in total. The zero-order chi connectivity index (χ0) is 17.3. The van der Waals surface area contributed by atoms with E-state index in [2.05, 4.69) is 0 Å². The molecule has 0 aromatic rings. The van der Waals surface area contributed by atoms with Crippen molar-refractivity contribution in [1.82, 2.24) is 0 Å². The molecule has 0 amide bonds. The Balaban J connectivity index is 1.86. The molecule has 3 aliphatic carbocycles. The number of carbonyl (C=O) groups is 1. The second-order valence-corrected chi connectivity index (χ2v) is 12.2. The Hall–Kier alpha value is -0.0700. The first-order chi connectivity index (χ1) is 11.4. The van der Waals surface area contributed by atoms with E-state index >= 15 is 0 Å². The number of hydrogen-bond donors (Lipinski definition) is 1. The molecule has 0 heterocycles. The van der Waals surface area contributed by atoms with Crippen molar-refractivity contribution in [3.05, 3.63) is 0 Å². The number of ketones is 1. The summed E-state index contributed by atoms with van der Waals surface area (Å²) in [6, 6.07) is 0. The van der Waals surface area contributed by atoms with Gasteiger partial charge in [-0.05, 0) is 32.1 Å². The van der Waals surface area contributed by atoms with Gasteiger partial charge in [0.2, 0.25) is 4.58 Å². The largest absolute Gasteiger partial charge is 0.314 e. The molecule has 5 atom stereocenters. The quantitative estimate of drug-likeness (QED) is 0.545. The first-order valence-corrected chi connectivity index (χ1v) is 12.6. The van der Waals surface area contributed by atoms with Gasteiger partial charge < -0.3 is 0 Å². The number of fused-ring (bicyclic) bond motifs is 2. The van der Waals surface area contributed by atoms with Crippen molar-refractivity contribution in [1.29, 1.82) is 0 Å². The van der Waals surface area contributed by atoms with Gasteiger partial charge in [0.25, 0.3) is 0 Å².